The summed E-state index contributed by atoms with van der Waals surface area (Å²) in [5, 5.41) is 0. The normalized spacial score (nSPS) is 19.5. The summed E-state index contributed by atoms with van der Waals surface area (Å²) in [5.74, 6) is 2.98. The quantitative estimate of drug-likeness (QED) is 0.559. The molecule has 0 N–H and O–H groups in total. The first-order valence-electron chi connectivity index (χ1n) is 10.7. The molecule has 0 saturated heterocycles. The van der Waals surface area contributed by atoms with E-state index in [1.165, 1.54) is 64.2 Å². The summed E-state index contributed by atoms with van der Waals surface area (Å²) in [4.78, 5) is 11.8. The lowest BCUT2D eigenvalue weighted by Gasteiger charge is -2.37. The van der Waals surface area contributed by atoms with Gasteiger partial charge in [-0.2, -0.15) is 0 Å². The van der Waals surface area contributed by atoms with Crippen molar-refractivity contribution in [2.24, 2.45) is 17.8 Å². The second-order valence-corrected chi connectivity index (χ2v) is 8.02. The van der Waals surface area contributed by atoms with Crippen molar-refractivity contribution in [2.75, 3.05) is 13.2 Å². The van der Waals surface area contributed by atoms with Gasteiger partial charge in [0.15, 0.2) is 0 Å². The number of rotatable bonds is 7. The third-order valence-corrected chi connectivity index (χ3v) is 6.32. The van der Waals surface area contributed by atoms with Crippen LogP contribution in [0.1, 0.15) is 81.5 Å². The number of carbonyl (C=O) groups is 1. The Morgan fingerprint density at radius 1 is 0.923 bits per heavy atom. The lowest BCUT2D eigenvalue weighted by molar-refractivity contribution is 0.0526. The Kier molecular flexibility index (Phi) is 7.40. The van der Waals surface area contributed by atoms with E-state index in [1.54, 1.807) is 0 Å². The molecule has 3 nitrogen and oxygen atoms in total. The van der Waals surface area contributed by atoms with Crippen LogP contribution in [0.2, 0.25) is 0 Å². The van der Waals surface area contributed by atoms with Gasteiger partial charge in [0.05, 0.1) is 18.8 Å². The SMILES string of the molecule is CCOC(=O)c1ccc(OCC(C2CCCCC2)C2CCCCC2)cc1. The fourth-order valence-electron chi connectivity index (χ4n) is 4.88. The third-order valence-electron chi connectivity index (χ3n) is 6.32. The van der Waals surface area contributed by atoms with Gasteiger partial charge in [0.1, 0.15) is 5.75 Å². The maximum absolute atomic E-state index is 11.8. The zero-order chi connectivity index (χ0) is 18.2. The molecule has 2 fully saturated rings. The van der Waals surface area contributed by atoms with Crippen LogP contribution in [0.25, 0.3) is 0 Å². The molecule has 2 saturated carbocycles. The van der Waals surface area contributed by atoms with Crippen LogP contribution in [-0.4, -0.2) is 19.2 Å². The molecule has 26 heavy (non-hydrogen) atoms. The zero-order valence-electron chi connectivity index (χ0n) is 16.3. The number of hydrogen-bond donors (Lipinski definition) is 0. The van der Waals surface area contributed by atoms with Crippen LogP contribution >= 0.6 is 0 Å². The first kappa shape index (κ1) is 19.3. The van der Waals surface area contributed by atoms with Crippen molar-refractivity contribution in [1.82, 2.24) is 0 Å². The summed E-state index contributed by atoms with van der Waals surface area (Å²) in [5.41, 5.74) is 0.593. The highest BCUT2D eigenvalue weighted by atomic mass is 16.5. The topological polar surface area (TPSA) is 35.5 Å². The Morgan fingerprint density at radius 2 is 1.46 bits per heavy atom. The second kappa shape index (κ2) is 9.99. The standard InChI is InChI=1S/C23H34O3/c1-2-25-23(24)20-13-15-21(16-14-20)26-17-22(18-9-5-3-6-10-18)19-11-7-4-8-12-19/h13-16,18-19,22H,2-12,17H2,1H3. The molecule has 0 heterocycles. The molecule has 1 aromatic rings. The van der Waals surface area contributed by atoms with Crippen molar-refractivity contribution in [2.45, 2.75) is 71.1 Å². The Balaban J connectivity index is 1.60. The highest BCUT2D eigenvalue weighted by Crippen LogP contribution is 2.40. The molecule has 0 bridgehead atoms. The van der Waals surface area contributed by atoms with E-state index >= 15 is 0 Å². The van der Waals surface area contributed by atoms with Crippen molar-refractivity contribution in [3.63, 3.8) is 0 Å². The molecular weight excluding hydrogens is 324 g/mol. The number of ether oxygens (including phenoxy) is 2. The van der Waals surface area contributed by atoms with Gasteiger partial charge in [0.25, 0.3) is 0 Å². The number of carbonyl (C=O) groups excluding carboxylic acids is 1. The van der Waals surface area contributed by atoms with Crippen molar-refractivity contribution in [3.8, 4) is 5.75 Å². The molecule has 0 spiro atoms. The third kappa shape index (κ3) is 5.25. The molecule has 0 radical (unpaired) electrons. The van der Waals surface area contributed by atoms with Gasteiger partial charge in [-0.15, -0.1) is 0 Å². The molecule has 0 aromatic heterocycles. The predicted molar refractivity (Wildman–Crippen MR) is 105 cm³/mol. The molecule has 0 atom stereocenters. The molecule has 0 aliphatic heterocycles. The van der Waals surface area contributed by atoms with Crippen molar-refractivity contribution in [1.29, 1.82) is 0 Å². The van der Waals surface area contributed by atoms with Gasteiger partial charge in [-0.3, -0.25) is 0 Å². The van der Waals surface area contributed by atoms with Crippen molar-refractivity contribution in [3.05, 3.63) is 29.8 Å². The highest BCUT2D eigenvalue weighted by molar-refractivity contribution is 5.89. The second-order valence-electron chi connectivity index (χ2n) is 8.02. The molecule has 3 heteroatoms. The highest BCUT2D eigenvalue weighted by Gasteiger charge is 2.32. The van der Waals surface area contributed by atoms with Gasteiger partial charge < -0.3 is 9.47 Å². The van der Waals surface area contributed by atoms with Gasteiger partial charge in [-0.1, -0.05) is 64.2 Å². The first-order chi connectivity index (χ1) is 12.8. The Labute approximate surface area is 158 Å². The van der Waals surface area contributed by atoms with Crippen LogP contribution in [0, 0.1) is 17.8 Å². The van der Waals surface area contributed by atoms with E-state index in [0.29, 0.717) is 18.1 Å². The lowest BCUT2D eigenvalue weighted by Crippen LogP contribution is -2.32. The molecule has 0 amide bonds. The average molecular weight is 359 g/mol. The summed E-state index contributed by atoms with van der Waals surface area (Å²) in [6.45, 7) is 3.06. The Morgan fingerprint density at radius 3 is 1.96 bits per heavy atom. The van der Waals surface area contributed by atoms with Gasteiger partial charge in [0, 0.05) is 0 Å². The lowest BCUT2D eigenvalue weighted by atomic mass is 9.70. The van der Waals surface area contributed by atoms with E-state index in [4.69, 9.17) is 9.47 Å². The summed E-state index contributed by atoms with van der Waals surface area (Å²) < 4.78 is 11.3. The molecule has 0 unspecified atom stereocenters. The summed E-state index contributed by atoms with van der Waals surface area (Å²) >= 11 is 0. The van der Waals surface area contributed by atoms with E-state index in [2.05, 4.69) is 0 Å². The Bertz CT molecular complexity index is 521. The van der Waals surface area contributed by atoms with Crippen LogP contribution in [0.15, 0.2) is 24.3 Å². The van der Waals surface area contributed by atoms with Crippen LogP contribution in [-0.2, 0) is 4.74 Å². The fraction of sp³-hybridized carbons (Fsp3) is 0.696. The van der Waals surface area contributed by atoms with Gasteiger partial charge in [-0.05, 0) is 48.9 Å². The van der Waals surface area contributed by atoms with E-state index < -0.39 is 0 Å². The summed E-state index contributed by atoms with van der Waals surface area (Å²) in [7, 11) is 0. The molecule has 144 valence electrons. The van der Waals surface area contributed by atoms with E-state index in [0.717, 1.165) is 24.2 Å². The molecular formula is C23H34O3. The minimum absolute atomic E-state index is 0.263. The molecule has 3 rings (SSSR count). The molecule has 2 aliphatic rings. The van der Waals surface area contributed by atoms with Crippen molar-refractivity contribution >= 4 is 5.97 Å². The van der Waals surface area contributed by atoms with Crippen LogP contribution in [0.4, 0.5) is 0 Å². The van der Waals surface area contributed by atoms with Gasteiger partial charge >= 0.3 is 5.97 Å². The van der Waals surface area contributed by atoms with Crippen molar-refractivity contribution < 1.29 is 14.3 Å². The van der Waals surface area contributed by atoms with E-state index in [9.17, 15) is 4.79 Å². The first-order valence-corrected chi connectivity index (χ1v) is 10.7. The van der Waals surface area contributed by atoms with Gasteiger partial charge in [-0.25, -0.2) is 4.79 Å². The summed E-state index contributed by atoms with van der Waals surface area (Å²) in [6.07, 6.45) is 13.9. The largest absolute Gasteiger partial charge is 0.493 e. The predicted octanol–water partition coefficient (Wildman–Crippen LogP) is 6.02. The average Bonchev–Trinajstić information content (AvgIpc) is 2.70. The van der Waals surface area contributed by atoms with E-state index in [-0.39, 0.29) is 5.97 Å². The number of hydrogen-bond acceptors (Lipinski definition) is 3. The Hall–Kier alpha value is -1.51. The van der Waals surface area contributed by atoms with Gasteiger partial charge in [0.2, 0.25) is 0 Å². The van der Waals surface area contributed by atoms with Crippen LogP contribution < -0.4 is 4.74 Å². The maximum Gasteiger partial charge on any atom is 0.338 e. The number of benzene rings is 1. The minimum atomic E-state index is -0.263. The molecule has 2 aliphatic carbocycles. The maximum atomic E-state index is 11.8. The van der Waals surface area contributed by atoms with Crippen LogP contribution in [0.5, 0.6) is 5.75 Å². The minimum Gasteiger partial charge on any atom is -0.493 e. The smallest absolute Gasteiger partial charge is 0.338 e. The summed E-state index contributed by atoms with van der Waals surface area (Å²) in [6, 6.07) is 7.43. The zero-order valence-corrected chi connectivity index (χ0v) is 16.3. The molecule has 1 aromatic carbocycles. The number of esters is 1. The monoisotopic (exact) mass is 358 g/mol. The fourth-order valence-corrected chi connectivity index (χ4v) is 4.88. The van der Waals surface area contributed by atoms with Crippen LogP contribution in [0.3, 0.4) is 0 Å². The van der Waals surface area contributed by atoms with E-state index in [1.807, 2.05) is 31.2 Å².